The van der Waals surface area contributed by atoms with Gasteiger partial charge < -0.3 is 10.1 Å². The van der Waals surface area contributed by atoms with Crippen molar-refractivity contribution in [3.8, 4) is 0 Å². The average Bonchev–Trinajstić information content (AvgIpc) is 2.88. The van der Waals surface area contributed by atoms with Crippen molar-refractivity contribution in [2.75, 3.05) is 17.7 Å². The molecule has 0 atom stereocenters. The van der Waals surface area contributed by atoms with E-state index in [9.17, 15) is 14.0 Å². The zero-order chi connectivity index (χ0) is 15.2. The summed E-state index contributed by atoms with van der Waals surface area (Å²) in [6, 6.07) is 5.81. The van der Waals surface area contributed by atoms with E-state index in [4.69, 9.17) is 0 Å². The van der Waals surface area contributed by atoms with Crippen molar-refractivity contribution in [3.63, 3.8) is 0 Å². The lowest BCUT2D eigenvalue weighted by Crippen LogP contribution is -2.19. The van der Waals surface area contributed by atoms with Gasteiger partial charge in [-0.05, 0) is 12.1 Å². The van der Waals surface area contributed by atoms with Crippen LogP contribution in [0, 0.1) is 5.82 Å². The Hall–Kier alpha value is -2.97. The number of para-hydroxylation sites is 1. The van der Waals surface area contributed by atoms with Crippen LogP contribution in [0.1, 0.15) is 0 Å². The number of rotatable bonds is 4. The standard InChI is InChI=1S/C12H12FN5O3/c1-21-12(20)15-10-6-18(17-16-10)7-11(19)14-9-5-3-2-4-8(9)13/h2-6H,7H2,1H3,(H,14,19)(H,15,20). The molecule has 1 aromatic carbocycles. The lowest BCUT2D eigenvalue weighted by Gasteiger charge is -2.05. The van der Waals surface area contributed by atoms with E-state index in [1.165, 1.54) is 36.2 Å². The normalized spacial score (nSPS) is 10.0. The average molecular weight is 293 g/mol. The maximum absolute atomic E-state index is 13.4. The van der Waals surface area contributed by atoms with Crippen LogP contribution in [0.15, 0.2) is 30.5 Å². The van der Waals surface area contributed by atoms with E-state index in [2.05, 4.69) is 25.7 Å². The zero-order valence-electron chi connectivity index (χ0n) is 11.0. The molecule has 0 fully saturated rings. The Kier molecular flexibility index (Phi) is 4.44. The third kappa shape index (κ3) is 4.00. The molecule has 9 heteroatoms. The van der Waals surface area contributed by atoms with E-state index in [1.54, 1.807) is 6.07 Å². The van der Waals surface area contributed by atoms with Gasteiger partial charge in [-0.15, -0.1) is 5.10 Å². The van der Waals surface area contributed by atoms with E-state index in [-0.39, 0.29) is 18.1 Å². The number of hydrogen-bond acceptors (Lipinski definition) is 5. The number of hydrogen-bond donors (Lipinski definition) is 2. The molecule has 1 heterocycles. The van der Waals surface area contributed by atoms with Gasteiger partial charge in [0.15, 0.2) is 5.82 Å². The van der Waals surface area contributed by atoms with Gasteiger partial charge in [0, 0.05) is 0 Å². The van der Waals surface area contributed by atoms with Crippen molar-refractivity contribution in [2.45, 2.75) is 6.54 Å². The highest BCUT2D eigenvalue weighted by molar-refractivity contribution is 5.90. The molecule has 2 rings (SSSR count). The third-order valence-electron chi connectivity index (χ3n) is 2.41. The SMILES string of the molecule is COC(=O)Nc1cn(CC(=O)Nc2ccccc2F)nn1. The largest absolute Gasteiger partial charge is 0.453 e. The first-order chi connectivity index (χ1) is 10.1. The monoisotopic (exact) mass is 293 g/mol. The van der Waals surface area contributed by atoms with Gasteiger partial charge in [-0.25, -0.2) is 13.9 Å². The summed E-state index contributed by atoms with van der Waals surface area (Å²) >= 11 is 0. The van der Waals surface area contributed by atoms with E-state index < -0.39 is 17.8 Å². The molecular weight excluding hydrogens is 281 g/mol. The van der Waals surface area contributed by atoms with E-state index in [0.717, 1.165) is 0 Å². The first-order valence-electron chi connectivity index (χ1n) is 5.88. The van der Waals surface area contributed by atoms with Gasteiger partial charge >= 0.3 is 6.09 Å². The second kappa shape index (κ2) is 6.46. The fourth-order valence-corrected chi connectivity index (χ4v) is 1.49. The lowest BCUT2D eigenvalue weighted by atomic mass is 10.3. The van der Waals surface area contributed by atoms with E-state index in [0.29, 0.717) is 0 Å². The summed E-state index contributed by atoms with van der Waals surface area (Å²) in [5.74, 6) is -0.868. The van der Waals surface area contributed by atoms with Gasteiger partial charge in [-0.3, -0.25) is 10.1 Å². The van der Waals surface area contributed by atoms with Gasteiger partial charge in [-0.1, -0.05) is 17.3 Å². The van der Waals surface area contributed by atoms with Crippen molar-refractivity contribution in [2.24, 2.45) is 0 Å². The van der Waals surface area contributed by atoms with Crippen LogP contribution in [-0.4, -0.2) is 34.1 Å². The van der Waals surface area contributed by atoms with Gasteiger partial charge in [0.25, 0.3) is 0 Å². The minimum Gasteiger partial charge on any atom is -0.453 e. The minimum atomic E-state index is -0.696. The van der Waals surface area contributed by atoms with Crippen molar-refractivity contribution in [1.82, 2.24) is 15.0 Å². The topological polar surface area (TPSA) is 98.1 Å². The molecule has 0 aliphatic heterocycles. The molecule has 0 aliphatic carbocycles. The fourth-order valence-electron chi connectivity index (χ4n) is 1.49. The van der Waals surface area contributed by atoms with Crippen LogP contribution in [-0.2, 0) is 16.1 Å². The summed E-state index contributed by atoms with van der Waals surface area (Å²) in [6.45, 7) is -0.176. The molecule has 21 heavy (non-hydrogen) atoms. The number of amides is 2. The molecule has 1 aromatic heterocycles. The van der Waals surface area contributed by atoms with Crippen molar-refractivity contribution in [3.05, 3.63) is 36.3 Å². The highest BCUT2D eigenvalue weighted by Gasteiger charge is 2.10. The molecule has 0 radical (unpaired) electrons. The molecule has 2 amide bonds. The summed E-state index contributed by atoms with van der Waals surface area (Å²) in [4.78, 5) is 22.7. The Morgan fingerprint density at radius 1 is 1.33 bits per heavy atom. The molecular formula is C12H12FN5O3. The summed E-state index contributed by atoms with van der Waals surface area (Å²) < 4.78 is 18.9. The zero-order valence-corrected chi connectivity index (χ0v) is 11.0. The number of nitrogens with zero attached hydrogens (tertiary/aromatic N) is 3. The van der Waals surface area contributed by atoms with Crippen LogP contribution in [0.2, 0.25) is 0 Å². The van der Waals surface area contributed by atoms with Crippen LogP contribution in [0.5, 0.6) is 0 Å². The Morgan fingerprint density at radius 3 is 2.81 bits per heavy atom. The molecule has 2 aromatic rings. The van der Waals surface area contributed by atoms with Gasteiger partial charge in [0.1, 0.15) is 12.4 Å². The lowest BCUT2D eigenvalue weighted by molar-refractivity contribution is -0.116. The first kappa shape index (κ1) is 14.4. The number of aromatic nitrogens is 3. The Morgan fingerprint density at radius 2 is 2.10 bits per heavy atom. The number of carbonyl (C=O) groups excluding carboxylic acids is 2. The highest BCUT2D eigenvalue weighted by atomic mass is 19.1. The molecule has 0 spiro atoms. The molecule has 2 N–H and O–H groups in total. The Labute approximate surface area is 118 Å². The predicted molar refractivity (Wildman–Crippen MR) is 71.1 cm³/mol. The maximum atomic E-state index is 13.4. The number of benzene rings is 1. The molecule has 0 saturated carbocycles. The quantitative estimate of drug-likeness (QED) is 0.883. The third-order valence-corrected chi connectivity index (χ3v) is 2.41. The number of halogens is 1. The van der Waals surface area contributed by atoms with Gasteiger partial charge in [-0.2, -0.15) is 0 Å². The summed E-state index contributed by atoms with van der Waals surface area (Å²) in [7, 11) is 1.21. The van der Waals surface area contributed by atoms with Crippen molar-refractivity contribution in [1.29, 1.82) is 0 Å². The van der Waals surface area contributed by atoms with Crippen LogP contribution < -0.4 is 10.6 Å². The van der Waals surface area contributed by atoms with Crippen LogP contribution >= 0.6 is 0 Å². The van der Waals surface area contributed by atoms with Crippen LogP contribution in [0.3, 0.4) is 0 Å². The second-order valence-electron chi connectivity index (χ2n) is 3.95. The number of nitrogens with one attached hydrogen (secondary N) is 2. The minimum absolute atomic E-state index is 0.0792. The predicted octanol–water partition coefficient (Wildman–Crippen LogP) is 1.23. The van der Waals surface area contributed by atoms with Crippen molar-refractivity contribution < 1.29 is 18.7 Å². The number of ether oxygens (including phenoxy) is 1. The fraction of sp³-hybridized carbons (Fsp3) is 0.167. The number of anilines is 2. The maximum Gasteiger partial charge on any atom is 0.412 e. The van der Waals surface area contributed by atoms with Gasteiger partial charge in [0.05, 0.1) is 19.0 Å². The molecule has 110 valence electrons. The summed E-state index contributed by atoms with van der Waals surface area (Å²) in [5, 5.41) is 12.0. The highest BCUT2D eigenvalue weighted by Crippen LogP contribution is 2.12. The second-order valence-corrected chi connectivity index (χ2v) is 3.95. The summed E-state index contributed by atoms with van der Waals surface area (Å²) in [5.41, 5.74) is 0.0792. The summed E-state index contributed by atoms with van der Waals surface area (Å²) in [6.07, 6.45) is 0.649. The smallest absolute Gasteiger partial charge is 0.412 e. The Bertz CT molecular complexity index is 658. The molecule has 0 unspecified atom stereocenters. The Balaban J connectivity index is 1.94. The first-order valence-corrected chi connectivity index (χ1v) is 5.88. The number of methoxy groups -OCH3 is 1. The van der Waals surface area contributed by atoms with Crippen molar-refractivity contribution >= 4 is 23.5 Å². The van der Waals surface area contributed by atoms with E-state index in [1.807, 2.05) is 0 Å². The van der Waals surface area contributed by atoms with E-state index >= 15 is 0 Å². The molecule has 0 saturated heterocycles. The number of carbonyl (C=O) groups is 2. The van der Waals surface area contributed by atoms with Gasteiger partial charge in [0.2, 0.25) is 5.91 Å². The molecule has 0 aliphatic rings. The molecule has 0 bridgehead atoms. The molecule has 8 nitrogen and oxygen atoms in total. The van der Waals surface area contributed by atoms with Crippen LogP contribution in [0.25, 0.3) is 0 Å². The van der Waals surface area contributed by atoms with Crippen LogP contribution in [0.4, 0.5) is 20.7 Å².